The first-order valence-electron chi connectivity index (χ1n) is 22.8. The Hall–Kier alpha value is -8.26. The lowest BCUT2D eigenvalue weighted by Gasteiger charge is -2.34. The highest BCUT2D eigenvalue weighted by molar-refractivity contribution is 6.12. The molecule has 0 bridgehead atoms. The van der Waals surface area contributed by atoms with Crippen LogP contribution in [0.1, 0.15) is 44.9 Å². The molecule has 302 valence electrons. The van der Waals surface area contributed by atoms with Gasteiger partial charge in [-0.05, 0) is 119 Å². The molecule has 0 saturated heterocycles. The summed E-state index contributed by atoms with van der Waals surface area (Å²) >= 11 is 0. The van der Waals surface area contributed by atoms with Crippen LogP contribution in [0.15, 0.2) is 243 Å². The summed E-state index contributed by atoms with van der Waals surface area (Å²) in [6.07, 6.45) is 0. The van der Waals surface area contributed by atoms with Crippen LogP contribution in [0.3, 0.4) is 0 Å². The van der Waals surface area contributed by atoms with Crippen LogP contribution in [0.25, 0.3) is 82.4 Å². The second-order valence-corrected chi connectivity index (χ2v) is 17.9. The molecule has 0 radical (unpaired) electrons. The molecule has 14 rings (SSSR count). The first-order valence-corrected chi connectivity index (χ1v) is 22.8. The fourth-order valence-corrected chi connectivity index (χ4v) is 12.1. The summed E-state index contributed by atoms with van der Waals surface area (Å²) in [5, 5.41) is 7.58. The zero-order valence-corrected chi connectivity index (χ0v) is 35.6. The average Bonchev–Trinajstić information content (AvgIpc) is 4.00. The number of para-hydroxylation sites is 1. The lowest BCUT2D eigenvalue weighted by atomic mass is 9.67. The normalized spacial score (nSPS) is 14.4. The van der Waals surface area contributed by atoms with Crippen molar-refractivity contribution < 1.29 is 0 Å². The summed E-state index contributed by atoms with van der Waals surface area (Å²) in [6, 6.07) is 90.9. The molecule has 11 aromatic carbocycles. The van der Waals surface area contributed by atoms with E-state index in [9.17, 15) is 0 Å². The summed E-state index contributed by atoms with van der Waals surface area (Å²) in [7, 11) is 0. The predicted molar refractivity (Wildman–Crippen MR) is 271 cm³/mol. The lowest BCUT2D eigenvalue weighted by molar-refractivity contribution is 0.767. The Balaban J connectivity index is 1.02. The van der Waals surface area contributed by atoms with E-state index < -0.39 is 5.41 Å². The summed E-state index contributed by atoms with van der Waals surface area (Å²) in [4.78, 5) is 0. The topological polar surface area (TPSA) is 4.93 Å². The Bertz CT molecular complexity index is 3840. The van der Waals surface area contributed by atoms with Gasteiger partial charge in [0.15, 0.2) is 0 Å². The molecule has 1 aromatic heterocycles. The maximum Gasteiger partial charge on any atom is 0.0713 e. The quantitative estimate of drug-likeness (QED) is 0.163. The number of rotatable bonds is 5. The standard InChI is InChI=1S/C64H41N/c1-3-21-45(22-4-1)64(46-23-5-2-6-24-46)56-30-13-11-28-53(56)62-57(64)37-36-52-54-39-43(33-35-51(54)61(63(52)62)50-29-15-19-41-17-7-9-25-47(41)50)44-34-38-60-55(40-44)49-27-12-14-31-59(49)65(60)58-32-16-20-42-18-8-10-26-48(42)58/h1-40,61H. The maximum atomic E-state index is 2.49. The Kier molecular flexibility index (Phi) is 7.73. The second-order valence-electron chi connectivity index (χ2n) is 17.9. The third-order valence-electron chi connectivity index (χ3n) is 14.8. The largest absolute Gasteiger partial charge is 0.309 e. The van der Waals surface area contributed by atoms with Crippen LogP contribution < -0.4 is 0 Å². The van der Waals surface area contributed by atoms with E-state index in [0.29, 0.717) is 0 Å². The van der Waals surface area contributed by atoms with Crippen molar-refractivity contribution >= 4 is 43.4 Å². The van der Waals surface area contributed by atoms with E-state index >= 15 is 0 Å². The highest BCUT2D eigenvalue weighted by atomic mass is 15.0. The van der Waals surface area contributed by atoms with Crippen LogP contribution in [0.4, 0.5) is 0 Å². The smallest absolute Gasteiger partial charge is 0.0713 e. The molecule has 1 heterocycles. The molecule has 1 heteroatoms. The molecule has 0 saturated carbocycles. The van der Waals surface area contributed by atoms with Crippen molar-refractivity contribution in [2.75, 3.05) is 0 Å². The van der Waals surface area contributed by atoms with Crippen molar-refractivity contribution in [2.45, 2.75) is 11.3 Å². The SMILES string of the molecule is c1ccc(C2(c3ccccc3)c3ccccc3-c3c2ccc2c3C(c3cccc4ccccc34)c3ccc(-c4ccc5c(c4)c4ccccc4n5-c4cccc5ccccc45)cc3-2)cc1. The minimum absolute atomic E-state index is 0.0339. The van der Waals surface area contributed by atoms with E-state index in [2.05, 4.69) is 247 Å². The molecule has 1 nitrogen and oxygen atoms in total. The molecule has 0 fully saturated rings. The highest BCUT2D eigenvalue weighted by Gasteiger charge is 2.49. The van der Waals surface area contributed by atoms with Gasteiger partial charge in [-0.15, -0.1) is 0 Å². The number of benzene rings is 11. The Labute approximate surface area is 378 Å². The average molecular weight is 824 g/mol. The maximum absolute atomic E-state index is 2.49. The molecule has 2 aliphatic carbocycles. The number of nitrogens with zero attached hydrogens (tertiary/aromatic N) is 1. The molecular formula is C64H41N. The fourth-order valence-electron chi connectivity index (χ4n) is 12.1. The van der Waals surface area contributed by atoms with Crippen LogP contribution in [-0.2, 0) is 5.41 Å². The van der Waals surface area contributed by atoms with E-state index in [-0.39, 0.29) is 5.92 Å². The third-order valence-corrected chi connectivity index (χ3v) is 14.8. The number of fused-ring (bicyclic) bond motifs is 12. The highest BCUT2D eigenvalue weighted by Crippen LogP contribution is 2.62. The second kappa shape index (κ2) is 13.9. The number of hydrogen-bond acceptors (Lipinski definition) is 0. The lowest BCUT2D eigenvalue weighted by Crippen LogP contribution is -2.28. The van der Waals surface area contributed by atoms with Crippen LogP contribution >= 0.6 is 0 Å². The minimum atomic E-state index is -0.479. The van der Waals surface area contributed by atoms with Gasteiger partial charge in [-0.3, -0.25) is 0 Å². The van der Waals surface area contributed by atoms with Crippen molar-refractivity contribution in [3.05, 3.63) is 282 Å². The molecule has 0 amide bonds. The van der Waals surface area contributed by atoms with Gasteiger partial charge in [-0.2, -0.15) is 0 Å². The van der Waals surface area contributed by atoms with Crippen LogP contribution in [0.2, 0.25) is 0 Å². The van der Waals surface area contributed by atoms with E-state index in [1.54, 1.807) is 0 Å². The minimum Gasteiger partial charge on any atom is -0.309 e. The number of aromatic nitrogens is 1. The molecule has 2 aliphatic rings. The summed E-state index contributed by atoms with van der Waals surface area (Å²) in [5.74, 6) is 0.0339. The molecule has 65 heavy (non-hydrogen) atoms. The van der Waals surface area contributed by atoms with Gasteiger partial charge < -0.3 is 4.57 Å². The fraction of sp³-hybridized carbons (Fsp3) is 0.0312. The zero-order chi connectivity index (χ0) is 42.6. The van der Waals surface area contributed by atoms with Gasteiger partial charge in [0.1, 0.15) is 0 Å². The van der Waals surface area contributed by atoms with E-state index in [1.807, 2.05) is 0 Å². The van der Waals surface area contributed by atoms with E-state index in [1.165, 1.54) is 121 Å². The summed E-state index contributed by atoms with van der Waals surface area (Å²) < 4.78 is 2.45. The summed E-state index contributed by atoms with van der Waals surface area (Å²) in [6.45, 7) is 0. The van der Waals surface area contributed by atoms with Gasteiger partial charge in [-0.25, -0.2) is 0 Å². The van der Waals surface area contributed by atoms with Crippen LogP contribution in [0, 0.1) is 0 Å². The van der Waals surface area contributed by atoms with Crippen LogP contribution in [-0.4, -0.2) is 4.57 Å². The van der Waals surface area contributed by atoms with Crippen LogP contribution in [0.5, 0.6) is 0 Å². The molecule has 0 N–H and O–H groups in total. The van der Waals surface area contributed by atoms with Gasteiger partial charge >= 0.3 is 0 Å². The van der Waals surface area contributed by atoms with Gasteiger partial charge in [0, 0.05) is 22.1 Å². The Morgan fingerprint density at radius 1 is 0.338 bits per heavy atom. The van der Waals surface area contributed by atoms with Gasteiger partial charge in [0.05, 0.1) is 22.1 Å². The molecule has 12 aromatic rings. The molecule has 1 atom stereocenters. The van der Waals surface area contributed by atoms with E-state index in [4.69, 9.17) is 0 Å². The monoisotopic (exact) mass is 823 g/mol. The predicted octanol–water partition coefficient (Wildman–Crippen LogP) is 16.3. The molecule has 1 unspecified atom stereocenters. The molecule has 0 spiro atoms. The van der Waals surface area contributed by atoms with Gasteiger partial charge in [0.2, 0.25) is 0 Å². The Morgan fingerprint density at radius 3 is 1.74 bits per heavy atom. The Morgan fingerprint density at radius 2 is 0.938 bits per heavy atom. The van der Waals surface area contributed by atoms with Crippen molar-refractivity contribution in [1.82, 2.24) is 4.57 Å². The zero-order valence-electron chi connectivity index (χ0n) is 35.6. The molecular weight excluding hydrogens is 783 g/mol. The summed E-state index contributed by atoms with van der Waals surface area (Å²) in [5.41, 5.74) is 20.3. The first-order chi connectivity index (χ1) is 32.3. The third kappa shape index (κ3) is 5.04. The van der Waals surface area contributed by atoms with E-state index in [0.717, 1.165) is 0 Å². The van der Waals surface area contributed by atoms with Gasteiger partial charge in [-0.1, -0.05) is 212 Å². The van der Waals surface area contributed by atoms with Crippen molar-refractivity contribution in [2.24, 2.45) is 0 Å². The number of hydrogen-bond donors (Lipinski definition) is 0. The van der Waals surface area contributed by atoms with Crippen molar-refractivity contribution in [3.8, 4) is 39.1 Å². The van der Waals surface area contributed by atoms with Gasteiger partial charge in [0.25, 0.3) is 0 Å². The van der Waals surface area contributed by atoms with Crippen molar-refractivity contribution in [3.63, 3.8) is 0 Å². The molecule has 0 aliphatic heterocycles. The first kappa shape index (κ1) is 36.2. The van der Waals surface area contributed by atoms with Crippen molar-refractivity contribution in [1.29, 1.82) is 0 Å².